The van der Waals surface area contributed by atoms with Crippen molar-refractivity contribution in [3.8, 4) is 0 Å². The minimum Gasteiger partial charge on any atom is -0.481 e. The Bertz CT molecular complexity index is 575. The second-order valence-corrected chi connectivity index (χ2v) is 6.27. The van der Waals surface area contributed by atoms with Gasteiger partial charge in [0.1, 0.15) is 18.6 Å². The van der Waals surface area contributed by atoms with E-state index in [0.29, 0.717) is 25.8 Å². The van der Waals surface area contributed by atoms with E-state index in [-0.39, 0.29) is 5.75 Å². The Morgan fingerprint density at radius 1 is 0.893 bits per heavy atom. The van der Waals surface area contributed by atoms with Gasteiger partial charge in [0.05, 0.1) is 12.5 Å². The SMILES string of the molecule is NCCCCC(N)C(=O)NC(CC(=O)O)C(=O)NC(CS)C(=O)NCC(=O)O. The Morgan fingerprint density at radius 3 is 2.00 bits per heavy atom. The van der Waals surface area contributed by atoms with E-state index in [4.69, 9.17) is 21.7 Å². The summed E-state index contributed by atoms with van der Waals surface area (Å²) in [6.45, 7) is -0.223. The summed E-state index contributed by atoms with van der Waals surface area (Å²) in [5.74, 6) is -5.27. The van der Waals surface area contributed by atoms with Crippen LogP contribution in [0, 0.1) is 0 Å². The van der Waals surface area contributed by atoms with Crippen LogP contribution in [0.15, 0.2) is 0 Å². The highest BCUT2D eigenvalue weighted by Crippen LogP contribution is 2.01. The predicted molar refractivity (Wildman–Crippen MR) is 101 cm³/mol. The van der Waals surface area contributed by atoms with Crippen LogP contribution in [0.1, 0.15) is 25.7 Å². The lowest BCUT2D eigenvalue weighted by Gasteiger charge is -2.22. The van der Waals surface area contributed by atoms with Gasteiger partial charge in [0.15, 0.2) is 0 Å². The summed E-state index contributed by atoms with van der Waals surface area (Å²) in [6, 6.07) is -3.64. The molecule has 3 amide bonds. The van der Waals surface area contributed by atoms with E-state index in [0.717, 1.165) is 0 Å². The minimum absolute atomic E-state index is 0.177. The summed E-state index contributed by atoms with van der Waals surface area (Å²) in [5.41, 5.74) is 11.1. The van der Waals surface area contributed by atoms with Gasteiger partial charge in [0, 0.05) is 5.75 Å². The van der Waals surface area contributed by atoms with Crippen molar-refractivity contribution in [2.45, 2.75) is 43.8 Å². The molecule has 9 N–H and O–H groups in total. The molecule has 0 bridgehead atoms. The number of hydrogen-bond donors (Lipinski definition) is 8. The number of aliphatic carboxylic acids is 2. The lowest BCUT2D eigenvalue weighted by molar-refractivity contribution is -0.141. The summed E-state index contributed by atoms with van der Waals surface area (Å²) in [4.78, 5) is 57.8. The van der Waals surface area contributed by atoms with Crippen molar-refractivity contribution in [2.24, 2.45) is 11.5 Å². The van der Waals surface area contributed by atoms with Crippen LogP contribution in [0.5, 0.6) is 0 Å². The number of carboxylic acids is 2. The fraction of sp³-hybridized carbons (Fsp3) is 0.667. The number of hydrogen-bond acceptors (Lipinski definition) is 8. The van der Waals surface area contributed by atoms with Gasteiger partial charge >= 0.3 is 11.9 Å². The van der Waals surface area contributed by atoms with Crippen LogP contribution in [-0.2, 0) is 24.0 Å². The molecule has 0 heterocycles. The molecule has 0 aliphatic rings. The molecule has 0 aliphatic carbocycles. The Hall–Kier alpha value is -2.38. The van der Waals surface area contributed by atoms with Crippen molar-refractivity contribution < 1.29 is 34.2 Å². The fourth-order valence-corrected chi connectivity index (χ4v) is 2.31. The normalized spacial score (nSPS) is 13.7. The first-order valence-corrected chi connectivity index (χ1v) is 9.14. The van der Waals surface area contributed by atoms with Crippen LogP contribution < -0.4 is 27.4 Å². The molecule has 0 aromatic carbocycles. The first-order valence-electron chi connectivity index (χ1n) is 8.50. The van der Waals surface area contributed by atoms with Crippen LogP contribution in [0.25, 0.3) is 0 Å². The van der Waals surface area contributed by atoms with Crippen molar-refractivity contribution in [1.29, 1.82) is 0 Å². The number of nitrogens with two attached hydrogens (primary N) is 2. The number of unbranched alkanes of at least 4 members (excludes halogenated alkanes) is 1. The lowest BCUT2D eigenvalue weighted by Crippen LogP contribution is -2.57. The Balaban J connectivity index is 4.94. The van der Waals surface area contributed by atoms with E-state index < -0.39 is 60.8 Å². The van der Waals surface area contributed by atoms with Crippen LogP contribution >= 0.6 is 12.6 Å². The first-order chi connectivity index (χ1) is 13.1. The highest BCUT2D eigenvalue weighted by molar-refractivity contribution is 7.80. The third-order valence-corrected chi connectivity index (χ3v) is 3.91. The maximum absolute atomic E-state index is 12.3. The standard InChI is InChI=1S/C15H27N5O7S/c16-4-2-1-3-8(17)13(25)19-9(5-11(21)22)15(27)20-10(7-28)14(26)18-6-12(23)24/h8-10,28H,1-7,16-17H2,(H,18,26)(H,19,25)(H,20,27)(H,21,22)(H,23,24). The zero-order chi connectivity index (χ0) is 21.7. The molecule has 0 saturated carbocycles. The van der Waals surface area contributed by atoms with Gasteiger partial charge in [0.25, 0.3) is 0 Å². The number of carbonyl (C=O) groups is 5. The molecule has 13 heteroatoms. The second kappa shape index (κ2) is 13.7. The molecular weight excluding hydrogens is 394 g/mol. The van der Waals surface area contributed by atoms with Gasteiger partial charge in [-0.05, 0) is 19.4 Å². The van der Waals surface area contributed by atoms with Gasteiger partial charge in [0.2, 0.25) is 17.7 Å². The van der Waals surface area contributed by atoms with E-state index in [1.807, 2.05) is 0 Å². The highest BCUT2D eigenvalue weighted by atomic mass is 32.1. The molecule has 0 aromatic rings. The fourth-order valence-electron chi connectivity index (χ4n) is 2.05. The van der Waals surface area contributed by atoms with Gasteiger partial charge in [-0.25, -0.2) is 0 Å². The van der Waals surface area contributed by atoms with Crippen molar-refractivity contribution in [1.82, 2.24) is 16.0 Å². The van der Waals surface area contributed by atoms with Gasteiger partial charge in [-0.2, -0.15) is 12.6 Å². The van der Waals surface area contributed by atoms with Crippen LogP contribution in [0.2, 0.25) is 0 Å². The molecule has 0 spiro atoms. The van der Waals surface area contributed by atoms with E-state index >= 15 is 0 Å². The Kier molecular flexibility index (Phi) is 12.6. The van der Waals surface area contributed by atoms with Gasteiger partial charge in [-0.1, -0.05) is 6.42 Å². The van der Waals surface area contributed by atoms with Crippen LogP contribution in [0.3, 0.4) is 0 Å². The summed E-state index contributed by atoms with van der Waals surface area (Å²) < 4.78 is 0. The van der Waals surface area contributed by atoms with Crippen molar-refractivity contribution in [2.75, 3.05) is 18.8 Å². The van der Waals surface area contributed by atoms with E-state index in [1.54, 1.807) is 0 Å². The molecule has 12 nitrogen and oxygen atoms in total. The second-order valence-electron chi connectivity index (χ2n) is 5.91. The molecule has 0 fully saturated rings. The van der Waals surface area contributed by atoms with E-state index in [1.165, 1.54) is 0 Å². The van der Waals surface area contributed by atoms with Crippen LogP contribution in [-0.4, -0.2) is 76.8 Å². The van der Waals surface area contributed by atoms with E-state index in [2.05, 4.69) is 28.6 Å². The van der Waals surface area contributed by atoms with Crippen LogP contribution in [0.4, 0.5) is 0 Å². The molecule has 0 rings (SSSR count). The van der Waals surface area contributed by atoms with Gasteiger partial charge in [-0.15, -0.1) is 0 Å². The summed E-state index contributed by atoms with van der Waals surface area (Å²) in [7, 11) is 0. The average Bonchev–Trinajstić information content (AvgIpc) is 2.62. The van der Waals surface area contributed by atoms with Crippen molar-refractivity contribution >= 4 is 42.3 Å². The number of nitrogens with one attached hydrogen (secondary N) is 3. The zero-order valence-electron chi connectivity index (χ0n) is 15.2. The minimum atomic E-state index is -1.47. The molecule has 0 radical (unpaired) electrons. The molecule has 0 saturated heterocycles. The predicted octanol–water partition coefficient (Wildman–Crippen LogP) is -2.98. The number of carboxylic acid groups (broad SMARTS) is 2. The largest absolute Gasteiger partial charge is 0.481 e. The lowest BCUT2D eigenvalue weighted by atomic mass is 10.1. The molecule has 3 unspecified atom stereocenters. The maximum atomic E-state index is 12.3. The molecule has 0 aliphatic heterocycles. The van der Waals surface area contributed by atoms with Gasteiger partial charge < -0.3 is 37.6 Å². The monoisotopic (exact) mass is 421 g/mol. The van der Waals surface area contributed by atoms with Gasteiger partial charge in [-0.3, -0.25) is 24.0 Å². The molecule has 160 valence electrons. The Labute approximate surface area is 167 Å². The third kappa shape index (κ3) is 10.7. The maximum Gasteiger partial charge on any atom is 0.322 e. The quantitative estimate of drug-likeness (QED) is 0.106. The molecule has 0 aromatic heterocycles. The number of rotatable bonds is 14. The molecular formula is C15H27N5O7S. The smallest absolute Gasteiger partial charge is 0.322 e. The number of amides is 3. The summed E-state index contributed by atoms with van der Waals surface area (Å²) >= 11 is 3.91. The number of thiol groups is 1. The number of carbonyl (C=O) groups excluding carboxylic acids is 3. The summed E-state index contributed by atoms with van der Waals surface area (Å²) in [6.07, 6.45) is 0.825. The summed E-state index contributed by atoms with van der Waals surface area (Å²) in [5, 5.41) is 24.1. The van der Waals surface area contributed by atoms with Crippen molar-refractivity contribution in [3.63, 3.8) is 0 Å². The topological polar surface area (TPSA) is 214 Å². The average molecular weight is 421 g/mol. The van der Waals surface area contributed by atoms with Crippen molar-refractivity contribution in [3.05, 3.63) is 0 Å². The zero-order valence-corrected chi connectivity index (χ0v) is 16.1. The molecule has 28 heavy (non-hydrogen) atoms. The highest BCUT2D eigenvalue weighted by Gasteiger charge is 2.29. The molecule has 3 atom stereocenters. The third-order valence-electron chi connectivity index (χ3n) is 3.55. The first kappa shape index (κ1) is 25.6. The van der Waals surface area contributed by atoms with E-state index in [9.17, 15) is 24.0 Å². The Morgan fingerprint density at radius 2 is 1.50 bits per heavy atom.